The first-order valence-corrected chi connectivity index (χ1v) is 7.11. The van der Waals surface area contributed by atoms with Crippen molar-refractivity contribution in [3.05, 3.63) is 61.0 Å². The van der Waals surface area contributed by atoms with Crippen LogP contribution in [0.3, 0.4) is 0 Å². The summed E-state index contributed by atoms with van der Waals surface area (Å²) >= 11 is 6.70. The fraction of sp³-hybridized carbons (Fsp3) is 0.0769. The van der Waals surface area contributed by atoms with Gasteiger partial charge in [0.05, 0.1) is 16.0 Å². The largest absolute Gasteiger partial charge is 0.456 e. The van der Waals surface area contributed by atoms with Crippen LogP contribution in [0, 0.1) is 10.1 Å². The minimum atomic E-state index is -0.515. The van der Waals surface area contributed by atoms with Crippen molar-refractivity contribution in [2.75, 3.05) is 0 Å². The maximum Gasteiger partial charge on any atom is 0.270 e. The Bertz CT molecular complexity index is 661. The van der Waals surface area contributed by atoms with Crippen LogP contribution in [0.25, 0.3) is 0 Å². The van der Waals surface area contributed by atoms with E-state index in [0.29, 0.717) is 17.1 Å². The van der Waals surface area contributed by atoms with Crippen LogP contribution in [0.5, 0.6) is 11.5 Å². The highest BCUT2D eigenvalue weighted by Gasteiger charge is 2.13. The summed E-state index contributed by atoms with van der Waals surface area (Å²) in [7, 11) is 0. The number of rotatable bonds is 4. The summed E-state index contributed by atoms with van der Waals surface area (Å²) < 4.78 is 7.29. The SMILES string of the molecule is O=[N+]([O-])c1ccc(Oc2ccc(Br)cc2Br)c(CO)c1. The summed E-state index contributed by atoms with van der Waals surface area (Å²) in [5, 5.41) is 20.0. The normalized spacial score (nSPS) is 10.3. The van der Waals surface area contributed by atoms with Crippen LogP contribution < -0.4 is 4.74 Å². The molecule has 0 fully saturated rings. The predicted octanol–water partition coefficient (Wildman–Crippen LogP) is 4.40. The maximum atomic E-state index is 10.7. The van der Waals surface area contributed by atoms with Gasteiger partial charge in [-0.25, -0.2) is 0 Å². The van der Waals surface area contributed by atoms with Crippen molar-refractivity contribution in [2.24, 2.45) is 0 Å². The highest BCUT2D eigenvalue weighted by atomic mass is 79.9. The second-order valence-corrected chi connectivity index (χ2v) is 5.65. The van der Waals surface area contributed by atoms with E-state index in [4.69, 9.17) is 4.74 Å². The lowest BCUT2D eigenvalue weighted by atomic mass is 10.2. The molecule has 104 valence electrons. The lowest BCUT2D eigenvalue weighted by molar-refractivity contribution is -0.385. The summed E-state index contributed by atoms with van der Waals surface area (Å²) in [6, 6.07) is 9.47. The Hall–Kier alpha value is -1.44. The second-order valence-electron chi connectivity index (χ2n) is 3.88. The number of aliphatic hydroxyl groups excluding tert-OH is 1. The molecule has 20 heavy (non-hydrogen) atoms. The van der Waals surface area contributed by atoms with E-state index >= 15 is 0 Å². The Morgan fingerprint density at radius 1 is 1.15 bits per heavy atom. The topological polar surface area (TPSA) is 72.6 Å². The zero-order chi connectivity index (χ0) is 14.7. The van der Waals surface area contributed by atoms with E-state index in [1.165, 1.54) is 18.2 Å². The summed E-state index contributed by atoms with van der Waals surface area (Å²) in [5.74, 6) is 0.929. The summed E-state index contributed by atoms with van der Waals surface area (Å²) in [4.78, 5) is 10.2. The lowest BCUT2D eigenvalue weighted by Crippen LogP contribution is -1.95. The van der Waals surface area contributed by atoms with Crippen LogP contribution in [0.4, 0.5) is 5.69 Å². The number of ether oxygens (including phenoxy) is 1. The Morgan fingerprint density at radius 3 is 2.45 bits per heavy atom. The van der Waals surface area contributed by atoms with E-state index in [2.05, 4.69) is 31.9 Å². The van der Waals surface area contributed by atoms with Crippen molar-refractivity contribution in [1.29, 1.82) is 0 Å². The molecule has 2 aromatic carbocycles. The first-order valence-electron chi connectivity index (χ1n) is 5.52. The molecule has 0 aromatic heterocycles. The van der Waals surface area contributed by atoms with Gasteiger partial charge in [-0.2, -0.15) is 0 Å². The van der Waals surface area contributed by atoms with Crippen molar-refractivity contribution in [1.82, 2.24) is 0 Å². The highest BCUT2D eigenvalue weighted by molar-refractivity contribution is 9.11. The molecule has 2 aromatic rings. The molecule has 0 atom stereocenters. The van der Waals surface area contributed by atoms with Gasteiger partial charge in [-0.3, -0.25) is 10.1 Å². The summed E-state index contributed by atoms with van der Waals surface area (Å²) in [6.45, 7) is -0.342. The fourth-order valence-corrected chi connectivity index (χ4v) is 2.71. The molecule has 0 saturated heterocycles. The number of hydrogen-bond donors (Lipinski definition) is 1. The van der Waals surface area contributed by atoms with E-state index in [1.54, 1.807) is 6.07 Å². The molecule has 1 N–H and O–H groups in total. The van der Waals surface area contributed by atoms with E-state index in [9.17, 15) is 15.2 Å². The van der Waals surface area contributed by atoms with Gasteiger partial charge < -0.3 is 9.84 Å². The zero-order valence-electron chi connectivity index (χ0n) is 10.0. The molecule has 0 unspecified atom stereocenters. The zero-order valence-corrected chi connectivity index (χ0v) is 13.2. The minimum Gasteiger partial charge on any atom is -0.456 e. The van der Waals surface area contributed by atoms with Gasteiger partial charge in [-0.05, 0) is 40.2 Å². The average Bonchev–Trinajstić information content (AvgIpc) is 2.42. The van der Waals surface area contributed by atoms with Gasteiger partial charge in [-0.15, -0.1) is 0 Å². The molecule has 2 rings (SSSR count). The van der Waals surface area contributed by atoms with E-state index in [0.717, 1.165) is 8.95 Å². The van der Waals surface area contributed by atoms with E-state index < -0.39 is 4.92 Å². The Morgan fingerprint density at radius 2 is 1.85 bits per heavy atom. The van der Waals surface area contributed by atoms with Crippen LogP contribution in [0.2, 0.25) is 0 Å². The van der Waals surface area contributed by atoms with Crippen LogP contribution in [0.1, 0.15) is 5.56 Å². The van der Waals surface area contributed by atoms with Crippen molar-refractivity contribution < 1.29 is 14.8 Å². The number of hydrogen-bond acceptors (Lipinski definition) is 4. The maximum absolute atomic E-state index is 10.7. The molecule has 0 spiro atoms. The molecular formula is C13H9Br2NO4. The van der Waals surface area contributed by atoms with Crippen LogP contribution in [0.15, 0.2) is 45.3 Å². The van der Waals surface area contributed by atoms with Crippen molar-refractivity contribution in [3.8, 4) is 11.5 Å². The van der Waals surface area contributed by atoms with Crippen LogP contribution in [-0.2, 0) is 6.61 Å². The van der Waals surface area contributed by atoms with Gasteiger partial charge in [0.2, 0.25) is 0 Å². The van der Waals surface area contributed by atoms with Crippen molar-refractivity contribution >= 4 is 37.5 Å². The van der Waals surface area contributed by atoms with Crippen LogP contribution in [-0.4, -0.2) is 10.0 Å². The third-order valence-electron chi connectivity index (χ3n) is 2.54. The average molecular weight is 403 g/mol. The molecule has 5 nitrogen and oxygen atoms in total. The molecule has 0 saturated carbocycles. The van der Waals surface area contributed by atoms with Gasteiger partial charge in [-0.1, -0.05) is 15.9 Å². The van der Waals surface area contributed by atoms with Gasteiger partial charge >= 0.3 is 0 Å². The highest BCUT2D eigenvalue weighted by Crippen LogP contribution is 2.34. The van der Waals surface area contributed by atoms with Gasteiger partial charge in [0.1, 0.15) is 11.5 Å². The standard InChI is InChI=1S/C13H9Br2NO4/c14-9-1-3-13(11(15)6-9)20-12-4-2-10(16(18)19)5-8(12)7-17/h1-6,17H,7H2. The molecule has 0 amide bonds. The quantitative estimate of drug-likeness (QED) is 0.607. The molecule has 0 bridgehead atoms. The second kappa shape index (κ2) is 6.34. The molecule has 7 heteroatoms. The third-order valence-corrected chi connectivity index (χ3v) is 3.65. The van der Waals surface area contributed by atoms with Crippen molar-refractivity contribution in [3.63, 3.8) is 0 Å². The van der Waals surface area contributed by atoms with Crippen LogP contribution >= 0.6 is 31.9 Å². The number of nitrogens with zero attached hydrogens (tertiary/aromatic N) is 1. The minimum absolute atomic E-state index is 0.0868. The molecule has 0 radical (unpaired) electrons. The lowest BCUT2D eigenvalue weighted by Gasteiger charge is -2.11. The van der Waals surface area contributed by atoms with E-state index in [-0.39, 0.29) is 12.3 Å². The monoisotopic (exact) mass is 401 g/mol. The fourth-order valence-electron chi connectivity index (χ4n) is 1.58. The molecule has 0 heterocycles. The van der Waals surface area contributed by atoms with Gasteiger partial charge in [0.15, 0.2) is 0 Å². The molecular weight excluding hydrogens is 394 g/mol. The third kappa shape index (κ3) is 3.36. The number of aliphatic hydroxyl groups is 1. The number of non-ortho nitro benzene ring substituents is 1. The van der Waals surface area contributed by atoms with Gasteiger partial charge in [0.25, 0.3) is 5.69 Å². The first kappa shape index (κ1) is 15.0. The predicted molar refractivity (Wildman–Crippen MR) is 80.9 cm³/mol. The summed E-state index contributed by atoms with van der Waals surface area (Å²) in [5.41, 5.74) is 0.269. The smallest absolute Gasteiger partial charge is 0.270 e. The number of benzene rings is 2. The molecule has 0 aliphatic rings. The Balaban J connectivity index is 2.35. The molecule has 0 aliphatic carbocycles. The molecule has 0 aliphatic heterocycles. The number of nitro groups is 1. The van der Waals surface area contributed by atoms with Crippen molar-refractivity contribution in [2.45, 2.75) is 6.61 Å². The Kier molecular flexibility index (Phi) is 4.74. The first-order chi connectivity index (χ1) is 9.51. The Labute approximate surface area is 131 Å². The number of halogens is 2. The van der Waals surface area contributed by atoms with E-state index in [1.807, 2.05) is 12.1 Å². The van der Waals surface area contributed by atoms with Gasteiger partial charge in [0, 0.05) is 22.2 Å². The number of nitro benzene ring substituents is 1. The summed E-state index contributed by atoms with van der Waals surface area (Å²) in [6.07, 6.45) is 0.